The second kappa shape index (κ2) is 12.3. The Morgan fingerprint density at radius 3 is 2.26 bits per heavy atom. The second-order valence-corrected chi connectivity index (χ2v) is 10.3. The molecule has 7 heteroatoms. The number of benzene rings is 3. The van der Waals surface area contributed by atoms with E-state index in [1.807, 2.05) is 17.0 Å². The van der Waals surface area contributed by atoms with Crippen molar-refractivity contribution in [3.05, 3.63) is 89.5 Å². The number of likely N-dealkylation sites (N-methyl/N-ethyl adjacent to an activating group) is 1. The van der Waals surface area contributed by atoms with Gasteiger partial charge in [-0.3, -0.25) is 4.79 Å². The maximum absolute atomic E-state index is 12.2. The van der Waals surface area contributed by atoms with E-state index in [9.17, 15) is 4.79 Å². The highest BCUT2D eigenvalue weighted by Gasteiger charge is 2.18. The second-order valence-electron chi connectivity index (χ2n) is 10.3. The lowest BCUT2D eigenvalue weighted by Gasteiger charge is -2.34. The Hall–Kier alpha value is -3.55. The molecule has 0 saturated carbocycles. The molecule has 2 heterocycles. The van der Waals surface area contributed by atoms with Crippen LogP contribution in [0.1, 0.15) is 16.7 Å². The minimum absolute atomic E-state index is 0.167. The third-order valence-corrected chi connectivity index (χ3v) is 7.52. The van der Waals surface area contributed by atoms with E-state index < -0.39 is 0 Å². The summed E-state index contributed by atoms with van der Waals surface area (Å²) in [5.41, 5.74) is 6.11. The fourth-order valence-corrected chi connectivity index (χ4v) is 5.21. The number of piperazine rings is 2. The summed E-state index contributed by atoms with van der Waals surface area (Å²) >= 11 is 0. The van der Waals surface area contributed by atoms with Gasteiger partial charge in [0.1, 0.15) is 5.75 Å². The summed E-state index contributed by atoms with van der Waals surface area (Å²) in [6, 6.07) is 26.0. The fourth-order valence-electron chi connectivity index (χ4n) is 5.21. The van der Waals surface area contributed by atoms with E-state index in [1.165, 1.54) is 16.8 Å². The Labute approximate surface area is 226 Å². The average molecular weight is 514 g/mol. The molecule has 3 aromatic rings. The van der Waals surface area contributed by atoms with E-state index in [2.05, 4.69) is 87.7 Å². The summed E-state index contributed by atoms with van der Waals surface area (Å²) in [7, 11) is 3.90. The predicted molar refractivity (Wildman–Crippen MR) is 154 cm³/mol. The van der Waals surface area contributed by atoms with Crippen LogP contribution in [0.15, 0.2) is 72.8 Å². The molecule has 0 aromatic heterocycles. The van der Waals surface area contributed by atoms with Crippen LogP contribution < -0.4 is 19.9 Å². The number of amides is 1. The molecule has 2 saturated heterocycles. The Bertz CT molecular complexity index is 1210. The standard InChI is InChI=1S/C31H39N5O2/c1-33-15-17-34(18-16-33)29-7-3-5-26(19-29)23-36(24-27-6-4-8-30(20-27)38-2)28-11-9-25(10-12-28)22-35-14-13-32-21-31(35)37/h3-12,19-20,32H,13-18,21-24H2,1-2H3. The minimum atomic E-state index is 0.167. The first-order chi connectivity index (χ1) is 18.6. The van der Waals surface area contributed by atoms with Gasteiger partial charge in [-0.2, -0.15) is 0 Å². The van der Waals surface area contributed by atoms with Crippen LogP contribution in [-0.2, 0) is 24.4 Å². The van der Waals surface area contributed by atoms with Gasteiger partial charge in [-0.25, -0.2) is 0 Å². The van der Waals surface area contributed by atoms with Crippen LogP contribution in [0.25, 0.3) is 0 Å². The quantitative estimate of drug-likeness (QED) is 0.472. The molecule has 5 rings (SSSR count). The van der Waals surface area contributed by atoms with Crippen LogP contribution in [0.5, 0.6) is 5.75 Å². The molecule has 0 radical (unpaired) electrons. The van der Waals surface area contributed by atoms with Crippen LogP contribution in [0.2, 0.25) is 0 Å². The van der Waals surface area contributed by atoms with Gasteiger partial charge in [0.2, 0.25) is 5.91 Å². The summed E-state index contributed by atoms with van der Waals surface area (Å²) in [6.45, 7) is 8.58. The van der Waals surface area contributed by atoms with Crippen molar-refractivity contribution in [2.45, 2.75) is 19.6 Å². The van der Waals surface area contributed by atoms with Gasteiger partial charge < -0.3 is 29.7 Å². The van der Waals surface area contributed by atoms with Crippen LogP contribution in [0.3, 0.4) is 0 Å². The molecule has 0 unspecified atom stereocenters. The van der Waals surface area contributed by atoms with Crippen LogP contribution >= 0.6 is 0 Å². The zero-order chi connectivity index (χ0) is 26.3. The Balaban J connectivity index is 1.35. The Morgan fingerprint density at radius 1 is 0.842 bits per heavy atom. The number of ether oxygens (including phenoxy) is 1. The van der Waals surface area contributed by atoms with Gasteiger partial charge in [0.05, 0.1) is 13.7 Å². The van der Waals surface area contributed by atoms with E-state index in [1.54, 1.807) is 7.11 Å². The molecule has 2 fully saturated rings. The molecule has 3 aromatic carbocycles. The number of methoxy groups -OCH3 is 1. The first-order valence-corrected chi connectivity index (χ1v) is 13.5. The average Bonchev–Trinajstić information content (AvgIpc) is 2.95. The third kappa shape index (κ3) is 6.65. The maximum atomic E-state index is 12.2. The predicted octanol–water partition coefficient (Wildman–Crippen LogP) is 3.59. The number of hydrogen-bond donors (Lipinski definition) is 1. The van der Waals surface area contributed by atoms with Gasteiger partial charge in [-0.15, -0.1) is 0 Å². The highest BCUT2D eigenvalue weighted by atomic mass is 16.5. The van der Waals surface area contributed by atoms with Gasteiger partial charge in [-0.1, -0.05) is 36.4 Å². The van der Waals surface area contributed by atoms with Gasteiger partial charge >= 0.3 is 0 Å². The van der Waals surface area contributed by atoms with Crippen LogP contribution in [0.4, 0.5) is 11.4 Å². The largest absolute Gasteiger partial charge is 0.497 e. The number of carbonyl (C=O) groups is 1. The van der Waals surface area contributed by atoms with E-state index in [4.69, 9.17) is 4.74 Å². The molecule has 2 aliphatic rings. The van der Waals surface area contributed by atoms with Crippen LogP contribution in [-0.4, -0.2) is 75.7 Å². The molecule has 200 valence electrons. The summed E-state index contributed by atoms with van der Waals surface area (Å²) in [6.07, 6.45) is 0. The highest BCUT2D eigenvalue weighted by molar-refractivity contribution is 5.79. The van der Waals surface area contributed by atoms with E-state index >= 15 is 0 Å². The minimum Gasteiger partial charge on any atom is -0.497 e. The van der Waals surface area contributed by atoms with Gasteiger partial charge in [-0.05, 0) is 60.1 Å². The van der Waals surface area contributed by atoms with Gasteiger partial charge in [0.25, 0.3) is 0 Å². The lowest BCUT2D eigenvalue weighted by Crippen LogP contribution is -2.47. The van der Waals surface area contributed by atoms with Crippen molar-refractivity contribution < 1.29 is 9.53 Å². The molecular weight excluding hydrogens is 474 g/mol. The maximum Gasteiger partial charge on any atom is 0.236 e. The number of hydrogen-bond acceptors (Lipinski definition) is 6. The molecule has 0 spiro atoms. The number of nitrogens with one attached hydrogen (secondary N) is 1. The van der Waals surface area contributed by atoms with Crippen molar-refractivity contribution in [3.63, 3.8) is 0 Å². The zero-order valence-corrected chi connectivity index (χ0v) is 22.6. The lowest BCUT2D eigenvalue weighted by atomic mass is 10.1. The molecule has 1 amide bonds. The van der Waals surface area contributed by atoms with E-state index in [0.717, 1.165) is 69.4 Å². The Morgan fingerprint density at radius 2 is 1.55 bits per heavy atom. The molecular formula is C31H39N5O2. The third-order valence-electron chi connectivity index (χ3n) is 7.52. The zero-order valence-electron chi connectivity index (χ0n) is 22.6. The number of rotatable bonds is 9. The van der Waals surface area contributed by atoms with Gasteiger partial charge in [0, 0.05) is 70.3 Å². The van der Waals surface area contributed by atoms with Gasteiger partial charge in [0.15, 0.2) is 0 Å². The molecule has 2 aliphatic heterocycles. The Kier molecular flexibility index (Phi) is 8.46. The van der Waals surface area contributed by atoms with E-state index in [0.29, 0.717) is 13.1 Å². The normalized spacial score (nSPS) is 16.5. The summed E-state index contributed by atoms with van der Waals surface area (Å²) < 4.78 is 5.48. The SMILES string of the molecule is COc1cccc(CN(Cc2cccc(N3CCN(C)CC3)c2)c2ccc(CN3CCNCC3=O)cc2)c1. The van der Waals surface area contributed by atoms with Crippen molar-refractivity contribution in [2.24, 2.45) is 0 Å². The topological polar surface area (TPSA) is 51.3 Å². The number of carbonyl (C=O) groups excluding carboxylic acids is 1. The molecule has 38 heavy (non-hydrogen) atoms. The summed E-state index contributed by atoms with van der Waals surface area (Å²) in [4.78, 5) is 21.5. The van der Waals surface area contributed by atoms with Crippen molar-refractivity contribution in [1.29, 1.82) is 0 Å². The molecule has 7 nitrogen and oxygen atoms in total. The molecule has 1 N–H and O–H groups in total. The van der Waals surface area contributed by atoms with Crippen molar-refractivity contribution in [1.82, 2.24) is 15.1 Å². The molecule has 0 aliphatic carbocycles. The van der Waals surface area contributed by atoms with Crippen molar-refractivity contribution in [2.75, 3.05) is 69.8 Å². The lowest BCUT2D eigenvalue weighted by molar-refractivity contribution is -0.132. The summed E-state index contributed by atoms with van der Waals surface area (Å²) in [5.74, 6) is 1.04. The number of nitrogens with zero attached hydrogens (tertiary/aromatic N) is 4. The smallest absolute Gasteiger partial charge is 0.236 e. The molecule has 0 atom stereocenters. The first kappa shape index (κ1) is 26.1. The summed E-state index contributed by atoms with van der Waals surface area (Å²) in [5, 5.41) is 3.14. The van der Waals surface area contributed by atoms with E-state index in [-0.39, 0.29) is 5.91 Å². The first-order valence-electron chi connectivity index (χ1n) is 13.5. The fraction of sp³-hybridized carbons (Fsp3) is 0.387. The highest BCUT2D eigenvalue weighted by Crippen LogP contribution is 2.25. The number of anilines is 2. The monoisotopic (exact) mass is 513 g/mol. The molecule has 0 bridgehead atoms. The van der Waals surface area contributed by atoms with Crippen molar-refractivity contribution in [3.8, 4) is 5.75 Å². The van der Waals surface area contributed by atoms with Crippen LogP contribution in [0, 0.1) is 0 Å². The van der Waals surface area contributed by atoms with Crippen molar-refractivity contribution >= 4 is 17.3 Å².